The third-order valence-corrected chi connectivity index (χ3v) is 5.01. The molecule has 0 fully saturated rings. The molecule has 29 heavy (non-hydrogen) atoms. The van der Waals surface area contributed by atoms with Crippen LogP contribution in [-0.4, -0.2) is 119 Å². The number of phosphoric ester groups is 1. The molecule has 2 aromatic rings. The van der Waals surface area contributed by atoms with Gasteiger partial charge in [-0.05, 0) is 0 Å². The fourth-order valence-corrected chi connectivity index (χ4v) is 3.43. The maximum atomic E-state index is 11.4. The molecule has 0 aliphatic carbocycles. The van der Waals surface area contributed by atoms with Crippen LogP contribution in [0.2, 0.25) is 0 Å². The maximum Gasteiger partial charge on any atom is 0.481 e. The molecule has 0 aliphatic heterocycles. The molecule has 2 radical (unpaired) electrons. The third-order valence-electron chi connectivity index (χ3n) is 2.86. The van der Waals surface area contributed by atoms with E-state index in [1.807, 2.05) is 0 Å². The number of carbonyl (C=O) groups excluding carboxylic acids is 2. The molecule has 2 heterocycles. The molecule has 2 aromatic heterocycles. The normalized spacial score (nSPS) is 15.4. The second kappa shape index (κ2) is 12.1. The van der Waals surface area contributed by atoms with Crippen LogP contribution in [0.25, 0.3) is 11.2 Å². The van der Waals surface area contributed by atoms with Gasteiger partial charge in [-0.2, -0.15) is 4.31 Å². The second-order valence-electron chi connectivity index (χ2n) is 4.76. The van der Waals surface area contributed by atoms with Gasteiger partial charge in [-0.25, -0.2) is 24.1 Å². The number of phosphoric acid groups is 2. The summed E-state index contributed by atoms with van der Waals surface area (Å²) in [6.45, 7) is -0.953. The van der Waals surface area contributed by atoms with Gasteiger partial charge in [0, 0.05) is 59.1 Å². The van der Waals surface area contributed by atoms with Gasteiger partial charge in [0.2, 0.25) is 0 Å². The molecule has 5 N–H and O–H groups in total. The van der Waals surface area contributed by atoms with E-state index >= 15 is 0 Å². The summed E-state index contributed by atoms with van der Waals surface area (Å²) in [7, 11) is -10.5. The monoisotopic (exact) mass is 471 g/mol. The van der Waals surface area contributed by atoms with Crippen LogP contribution in [0.3, 0.4) is 0 Å². The number of fused-ring (bicyclic) bond motifs is 1. The van der Waals surface area contributed by atoms with Gasteiger partial charge in [-0.3, -0.25) is 13.9 Å². The zero-order valence-electron chi connectivity index (χ0n) is 15.1. The van der Waals surface area contributed by atoms with Gasteiger partial charge < -0.3 is 29.9 Å². The summed E-state index contributed by atoms with van der Waals surface area (Å²) >= 11 is 0. The molecule has 19 heteroatoms. The van der Waals surface area contributed by atoms with Crippen molar-refractivity contribution >= 4 is 104 Å². The van der Waals surface area contributed by atoms with Crippen molar-refractivity contribution in [2.24, 2.45) is 0 Å². The number of rotatable bonds is 10. The molecule has 3 atom stereocenters. The summed E-state index contributed by atoms with van der Waals surface area (Å²) in [5, 5.41) is 0. The van der Waals surface area contributed by atoms with Crippen LogP contribution in [0.4, 0.5) is 5.82 Å². The van der Waals surface area contributed by atoms with Gasteiger partial charge in [-0.15, -0.1) is 0 Å². The predicted molar refractivity (Wildman–Crippen MR) is 96.2 cm³/mol. The zero-order valence-corrected chi connectivity index (χ0v) is 20.9. The maximum absolute atomic E-state index is 11.4. The Labute approximate surface area is 206 Å². The average Bonchev–Trinajstić information content (AvgIpc) is 2.98. The van der Waals surface area contributed by atoms with E-state index in [9.17, 15) is 23.6 Å². The van der Waals surface area contributed by atoms with E-state index < -0.39 is 34.6 Å². The van der Waals surface area contributed by atoms with Crippen LogP contribution < -0.4 is 5.73 Å². The first-order valence-electron chi connectivity index (χ1n) is 6.79. The van der Waals surface area contributed by atoms with Crippen molar-refractivity contribution in [1.82, 2.24) is 19.5 Å². The SMILES string of the molecule is Nc1ncnc2c1ncn2[C@@H](C=O)O[C@@H](C=O)COP(=O)(O)OP(=O)(O)O.[Na].[Na]. The van der Waals surface area contributed by atoms with E-state index in [1.54, 1.807) is 0 Å². The molecular weight excluding hydrogens is 458 g/mol. The Balaban J connectivity index is 0.00000392. The number of anilines is 1. The fourth-order valence-electron chi connectivity index (χ4n) is 1.83. The fraction of sp³-hybridized carbons (Fsp3) is 0.300. The number of hydrogen-bond acceptors (Lipinski definition) is 11. The first kappa shape index (κ1) is 28.9. The molecule has 0 saturated carbocycles. The molecule has 150 valence electrons. The van der Waals surface area contributed by atoms with Crippen molar-refractivity contribution in [3.05, 3.63) is 12.7 Å². The molecular formula is C10H13N5Na2O10P2. The van der Waals surface area contributed by atoms with Crippen molar-refractivity contribution in [2.45, 2.75) is 12.3 Å². The first-order chi connectivity index (χ1) is 12.6. The number of nitrogen functional groups attached to an aromatic ring is 1. The van der Waals surface area contributed by atoms with Crippen molar-refractivity contribution in [3.63, 3.8) is 0 Å². The summed E-state index contributed by atoms with van der Waals surface area (Å²) in [6, 6.07) is 0. The molecule has 0 aliphatic rings. The summed E-state index contributed by atoms with van der Waals surface area (Å²) in [5.41, 5.74) is 5.90. The summed E-state index contributed by atoms with van der Waals surface area (Å²) in [5.74, 6) is 0.0366. The molecule has 0 saturated heterocycles. The first-order valence-corrected chi connectivity index (χ1v) is 9.82. The van der Waals surface area contributed by atoms with Crippen molar-refractivity contribution < 1.29 is 47.0 Å². The smallest absolute Gasteiger partial charge is 0.382 e. The van der Waals surface area contributed by atoms with Gasteiger partial charge in [0.25, 0.3) is 0 Å². The summed E-state index contributed by atoms with van der Waals surface area (Å²) in [6.07, 6.45) is -0.372. The molecule has 15 nitrogen and oxygen atoms in total. The summed E-state index contributed by atoms with van der Waals surface area (Å²) in [4.78, 5) is 60.1. The quantitative estimate of drug-likeness (QED) is 0.170. The number of hydrogen-bond donors (Lipinski definition) is 4. The van der Waals surface area contributed by atoms with Crippen molar-refractivity contribution in [3.8, 4) is 0 Å². The molecule has 0 amide bonds. The Bertz CT molecular complexity index is 939. The van der Waals surface area contributed by atoms with Crippen LogP contribution in [0.15, 0.2) is 12.7 Å². The van der Waals surface area contributed by atoms with Crippen LogP contribution in [0.1, 0.15) is 6.23 Å². The van der Waals surface area contributed by atoms with E-state index in [-0.39, 0.29) is 88.7 Å². The van der Waals surface area contributed by atoms with Gasteiger partial charge in [-0.1, -0.05) is 0 Å². The van der Waals surface area contributed by atoms with Crippen LogP contribution in [0, 0.1) is 0 Å². The van der Waals surface area contributed by atoms with Gasteiger partial charge in [0.15, 0.2) is 30.3 Å². The minimum Gasteiger partial charge on any atom is -0.382 e. The number of nitrogens with zero attached hydrogens (tertiary/aromatic N) is 4. The van der Waals surface area contributed by atoms with Gasteiger partial charge in [0.05, 0.1) is 12.9 Å². The van der Waals surface area contributed by atoms with Crippen LogP contribution in [-0.2, 0) is 32.3 Å². The number of aromatic nitrogens is 4. The zero-order chi connectivity index (χ0) is 20.2. The Morgan fingerprint density at radius 2 is 1.79 bits per heavy atom. The van der Waals surface area contributed by atoms with Gasteiger partial charge in [0.1, 0.15) is 17.9 Å². The number of aldehydes is 2. The predicted octanol–water partition coefficient (Wildman–Crippen LogP) is -1.85. The minimum atomic E-state index is -5.32. The van der Waals surface area contributed by atoms with E-state index in [1.165, 1.54) is 0 Å². The molecule has 0 bridgehead atoms. The molecule has 1 unspecified atom stereocenters. The van der Waals surface area contributed by atoms with Gasteiger partial charge >= 0.3 is 15.6 Å². The van der Waals surface area contributed by atoms with E-state index in [2.05, 4.69) is 23.8 Å². The number of ether oxygens (including phenoxy) is 1. The van der Waals surface area contributed by atoms with Crippen molar-refractivity contribution in [2.75, 3.05) is 12.3 Å². The number of carbonyl (C=O) groups is 2. The molecule has 2 rings (SSSR count). The van der Waals surface area contributed by atoms with Crippen molar-refractivity contribution in [1.29, 1.82) is 0 Å². The average molecular weight is 471 g/mol. The number of nitrogens with two attached hydrogens (primary N) is 1. The Morgan fingerprint density at radius 1 is 1.14 bits per heavy atom. The van der Waals surface area contributed by atoms with E-state index in [0.717, 1.165) is 17.2 Å². The Morgan fingerprint density at radius 3 is 2.34 bits per heavy atom. The minimum absolute atomic E-state index is 0. The third kappa shape index (κ3) is 8.51. The second-order valence-corrected chi connectivity index (χ2v) is 7.59. The van der Waals surface area contributed by atoms with E-state index in [4.69, 9.17) is 20.3 Å². The largest absolute Gasteiger partial charge is 0.481 e. The summed E-state index contributed by atoms with van der Waals surface area (Å²) < 4.78 is 36.1. The van der Waals surface area contributed by atoms with E-state index in [0.29, 0.717) is 0 Å². The van der Waals surface area contributed by atoms with Crippen LogP contribution >= 0.6 is 15.6 Å². The molecule has 0 aromatic carbocycles. The standard InChI is InChI=1S/C10H13N5O10P2.2Na/c11-9-8-10(13-4-12-9)15(5-14-8)7(2-17)24-6(1-16)3-23-27(21,22)25-26(18,19)20;;/h1-2,4-7H,3H2,(H,21,22)(H2,11,12,13)(H2,18,19,20);;/t6-,7+;;/m0../s1. The van der Waals surface area contributed by atoms with Crippen LogP contribution in [0.5, 0.6) is 0 Å². The Hall–Kier alpha value is -0.0900. The topological polar surface area (TPSA) is 226 Å². The molecule has 0 spiro atoms. The number of imidazole rings is 1. The Kier molecular flexibility index (Phi) is 12.0.